The van der Waals surface area contributed by atoms with Crippen molar-refractivity contribution in [3.05, 3.63) is 223 Å². The summed E-state index contributed by atoms with van der Waals surface area (Å²) < 4.78 is 2.40. The van der Waals surface area contributed by atoms with Gasteiger partial charge in [0.1, 0.15) is 0 Å². The van der Waals surface area contributed by atoms with E-state index in [0.29, 0.717) is 0 Å². The SMILES string of the molecule is c1ccc(N(c2ccccc2)c2ccc(C3(c4ccc(N(c5ccccc5)c5cccc6c5c5ccccc5n6-c5ccccc5)cc4)CCCC3)cc2)cc1. The average molecular weight is 722 g/mol. The molecule has 9 aromatic rings. The van der Waals surface area contributed by atoms with Crippen LogP contribution in [-0.2, 0) is 5.41 Å². The van der Waals surface area contributed by atoms with E-state index in [1.807, 2.05) is 0 Å². The van der Waals surface area contributed by atoms with Crippen molar-refractivity contribution in [2.24, 2.45) is 0 Å². The van der Waals surface area contributed by atoms with Crippen molar-refractivity contribution < 1.29 is 0 Å². The first-order valence-corrected chi connectivity index (χ1v) is 19.8. The fraction of sp³-hybridized carbons (Fsp3) is 0.0943. The van der Waals surface area contributed by atoms with E-state index in [-0.39, 0.29) is 5.41 Å². The van der Waals surface area contributed by atoms with Crippen LogP contribution in [0, 0.1) is 0 Å². The van der Waals surface area contributed by atoms with Crippen molar-refractivity contribution in [2.45, 2.75) is 31.1 Å². The van der Waals surface area contributed by atoms with Gasteiger partial charge in [-0.05, 0) is 115 Å². The molecule has 1 heterocycles. The van der Waals surface area contributed by atoms with Crippen LogP contribution in [0.15, 0.2) is 212 Å². The Morgan fingerprint density at radius 3 is 1.34 bits per heavy atom. The summed E-state index contributed by atoms with van der Waals surface area (Å²) in [5.41, 5.74) is 13.2. The Hall–Kier alpha value is -6.84. The number of para-hydroxylation sites is 5. The summed E-state index contributed by atoms with van der Waals surface area (Å²) in [7, 11) is 0. The van der Waals surface area contributed by atoms with Crippen molar-refractivity contribution in [3.63, 3.8) is 0 Å². The Morgan fingerprint density at radius 1 is 0.357 bits per heavy atom. The summed E-state index contributed by atoms with van der Waals surface area (Å²) in [5.74, 6) is 0. The Kier molecular flexibility index (Phi) is 8.69. The highest BCUT2D eigenvalue weighted by molar-refractivity contribution is 6.16. The summed E-state index contributed by atoms with van der Waals surface area (Å²) in [5, 5.41) is 2.48. The minimum Gasteiger partial charge on any atom is -0.311 e. The molecule has 1 fully saturated rings. The molecule has 10 rings (SSSR count). The first-order chi connectivity index (χ1) is 27.8. The van der Waals surface area contributed by atoms with Gasteiger partial charge in [0.05, 0.1) is 16.7 Å². The van der Waals surface area contributed by atoms with Gasteiger partial charge in [-0.25, -0.2) is 0 Å². The van der Waals surface area contributed by atoms with Gasteiger partial charge in [0.25, 0.3) is 0 Å². The second-order valence-corrected chi connectivity index (χ2v) is 14.9. The zero-order valence-electron chi connectivity index (χ0n) is 31.4. The van der Waals surface area contributed by atoms with Crippen LogP contribution in [-0.4, -0.2) is 4.57 Å². The molecule has 56 heavy (non-hydrogen) atoms. The van der Waals surface area contributed by atoms with Gasteiger partial charge >= 0.3 is 0 Å². The van der Waals surface area contributed by atoms with Gasteiger partial charge < -0.3 is 14.4 Å². The standard InChI is InChI=1S/C53H43N3/c1-5-18-42(19-6-1)54(43-20-7-2-8-21-43)46-34-30-40(31-35-46)53(38-15-16-39-53)41-32-36-47(37-33-41)55(44-22-9-3-10-23-44)50-28-17-29-51-52(50)48-26-13-14-27-49(48)56(51)45-24-11-4-12-25-45/h1-14,17-37H,15-16,38-39H2. The first kappa shape index (κ1) is 33.7. The third-order valence-electron chi connectivity index (χ3n) is 11.8. The highest BCUT2D eigenvalue weighted by Crippen LogP contribution is 2.49. The fourth-order valence-corrected chi connectivity index (χ4v) is 9.23. The zero-order chi connectivity index (χ0) is 37.3. The van der Waals surface area contributed by atoms with Crippen LogP contribution in [0.25, 0.3) is 27.5 Å². The lowest BCUT2D eigenvalue weighted by atomic mass is 9.73. The Morgan fingerprint density at radius 2 is 0.786 bits per heavy atom. The molecular weight excluding hydrogens is 679 g/mol. The van der Waals surface area contributed by atoms with Crippen LogP contribution in [0.3, 0.4) is 0 Å². The Labute approximate surface area is 329 Å². The first-order valence-electron chi connectivity index (χ1n) is 19.8. The van der Waals surface area contributed by atoms with E-state index in [0.717, 1.165) is 47.0 Å². The van der Waals surface area contributed by atoms with Gasteiger partial charge in [-0.1, -0.05) is 134 Å². The van der Waals surface area contributed by atoms with Crippen molar-refractivity contribution in [3.8, 4) is 5.69 Å². The largest absolute Gasteiger partial charge is 0.311 e. The molecular formula is C53H43N3. The third-order valence-corrected chi connectivity index (χ3v) is 11.8. The molecule has 0 aliphatic heterocycles. The quantitative estimate of drug-likeness (QED) is 0.147. The molecule has 0 saturated heterocycles. The van der Waals surface area contributed by atoms with Crippen LogP contribution in [0.5, 0.6) is 0 Å². The minimum atomic E-state index is -0.0257. The van der Waals surface area contributed by atoms with Gasteiger partial charge in [0.15, 0.2) is 0 Å². The molecule has 1 aromatic heterocycles. The van der Waals surface area contributed by atoms with Crippen LogP contribution in [0.1, 0.15) is 36.8 Å². The van der Waals surface area contributed by atoms with Crippen LogP contribution >= 0.6 is 0 Å². The maximum absolute atomic E-state index is 2.44. The lowest BCUT2D eigenvalue weighted by Gasteiger charge is -2.33. The van der Waals surface area contributed by atoms with Gasteiger partial charge in [-0.2, -0.15) is 0 Å². The minimum absolute atomic E-state index is 0.0257. The lowest BCUT2D eigenvalue weighted by Crippen LogP contribution is -2.24. The van der Waals surface area contributed by atoms with Crippen LogP contribution < -0.4 is 9.80 Å². The maximum Gasteiger partial charge on any atom is 0.0562 e. The number of benzene rings is 8. The molecule has 3 nitrogen and oxygen atoms in total. The number of anilines is 6. The van der Waals surface area contributed by atoms with Crippen molar-refractivity contribution in [2.75, 3.05) is 9.80 Å². The van der Waals surface area contributed by atoms with E-state index in [1.165, 1.54) is 51.5 Å². The second kappa shape index (κ2) is 14.4. The van der Waals surface area contributed by atoms with E-state index in [9.17, 15) is 0 Å². The second-order valence-electron chi connectivity index (χ2n) is 14.9. The van der Waals surface area contributed by atoms with E-state index < -0.39 is 0 Å². The monoisotopic (exact) mass is 721 g/mol. The number of hydrogen-bond donors (Lipinski definition) is 0. The average Bonchev–Trinajstić information content (AvgIpc) is 3.91. The molecule has 1 aliphatic carbocycles. The Balaban J connectivity index is 1.06. The highest BCUT2D eigenvalue weighted by atomic mass is 15.2. The molecule has 0 N–H and O–H groups in total. The van der Waals surface area contributed by atoms with E-state index in [2.05, 4.69) is 227 Å². The Bertz CT molecular complexity index is 2670. The van der Waals surface area contributed by atoms with E-state index >= 15 is 0 Å². The van der Waals surface area contributed by atoms with Gasteiger partial charge in [0, 0.05) is 50.3 Å². The van der Waals surface area contributed by atoms with Crippen LogP contribution in [0.4, 0.5) is 34.1 Å². The van der Waals surface area contributed by atoms with Gasteiger partial charge in [-0.15, -0.1) is 0 Å². The molecule has 8 aromatic carbocycles. The number of aromatic nitrogens is 1. The molecule has 1 aliphatic rings. The molecule has 0 atom stereocenters. The lowest BCUT2D eigenvalue weighted by molar-refractivity contribution is 0.535. The van der Waals surface area contributed by atoms with Gasteiger partial charge in [0.2, 0.25) is 0 Å². The summed E-state index contributed by atoms with van der Waals surface area (Å²) in [6.07, 6.45) is 4.75. The van der Waals surface area contributed by atoms with E-state index in [1.54, 1.807) is 0 Å². The molecule has 0 spiro atoms. The number of nitrogens with zero attached hydrogens (tertiary/aromatic N) is 3. The molecule has 0 radical (unpaired) electrons. The third kappa shape index (κ3) is 5.84. The van der Waals surface area contributed by atoms with Crippen LogP contribution in [0.2, 0.25) is 0 Å². The van der Waals surface area contributed by atoms with Crippen molar-refractivity contribution >= 4 is 55.9 Å². The molecule has 0 bridgehead atoms. The molecule has 0 unspecified atom stereocenters. The smallest absolute Gasteiger partial charge is 0.0562 e. The van der Waals surface area contributed by atoms with E-state index in [4.69, 9.17) is 0 Å². The number of rotatable bonds is 9. The molecule has 270 valence electrons. The molecule has 3 heteroatoms. The van der Waals surface area contributed by atoms with Crippen molar-refractivity contribution in [1.82, 2.24) is 4.57 Å². The summed E-state index contributed by atoms with van der Waals surface area (Å²) in [6.45, 7) is 0. The predicted octanol–water partition coefficient (Wildman–Crippen LogP) is 14.6. The van der Waals surface area contributed by atoms with Gasteiger partial charge in [-0.3, -0.25) is 0 Å². The van der Waals surface area contributed by atoms with Crippen molar-refractivity contribution in [1.29, 1.82) is 0 Å². The number of fused-ring (bicyclic) bond motifs is 3. The highest BCUT2D eigenvalue weighted by Gasteiger charge is 2.37. The zero-order valence-corrected chi connectivity index (χ0v) is 31.4. The summed E-state index contributed by atoms with van der Waals surface area (Å²) in [4.78, 5) is 4.78. The summed E-state index contributed by atoms with van der Waals surface area (Å²) >= 11 is 0. The number of hydrogen-bond acceptors (Lipinski definition) is 2. The normalized spacial score (nSPS) is 13.6. The topological polar surface area (TPSA) is 11.4 Å². The predicted molar refractivity (Wildman–Crippen MR) is 236 cm³/mol. The molecule has 1 saturated carbocycles. The summed E-state index contributed by atoms with van der Waals surface area (Å²) in [6, 6.07) is 77.3. The molecule has 0 amide bonds. The fourth-order valence-electron chi connectivity index (χ4n) is 9.23. The maximum atomic E-state index is 2.44.